The molecule has 0 saturated carbocycles. The van der Waals surface area contributed by atoms with Crippen LogP contribution in [0.15, 0.2) is 22.7 Å². The summed E-state index contributed by atoms with van der Waals surface area (Å²) in [6.45, 7) is 15.2. The van der Waals surface area contributed by atoms with Gasteiger partial charge in [-0.25, -0.2) is 0 Å². The topological polar surface area (TPSA) is 73.0 Å². The SMILES string of the molecule is [CH3][Mn]([CH3])([CH2]OCC1CO1)[C]1=CC=CC1.[C]=O.[C]=O.[C]=O. The third-order valence-electron chi connectivity index (χ3n) is 2.44. The van der Waals surface area contributed by atoms with Gasteiger partial charge in [-0.2, -0.15) is 0 Å². The van der Waals surface area contributed by atoms with Crippen LogP contribution in [-0.4, -0.2) is 45.2 Å². The second kappa shape index (κ2) is 12.9. The molecule has 1 aliphatic carbocycles. The molecular weight excluding hydrogens is 303 g/mol. The Morgan fingerprint density at radius 1 is 1.25 bits per heavy atom. The van der Waals surface area contributed by atoms with Gasteiger partial charge in [-0.05, 0) is 0 Å². The summed E-state index contributed by atoms with van der Waals surface area (Å²) in [5.41, 5.74) is 0.933. The first-order valence-corrected chi connectivity index (χ1v) is 9.25. The van der Waals surface area contributed by atoms with Gasteiger partial charge in [0.1, 0.15) is 0 Å². The summed E-state index contributed by atoms with van der Waals surface area (Å²) in [6, 6.07) is 0. The summed E-state index contributed by atoms with van der Waals surface area (Å²) in [5.74, 6) is 4.75. The summed E-state index contributed by atoms with van der Waals surface area (Å²) in [7, 11) is 0. The van der Waals surface area contributed by atoms with E-state index in [9.17, 15) is 0 Å². The zero-order valence-corrected chi connectivity index (χ0v) is 12.7. The normalized spacial score (nSPS) is 19.1. The van der Waals surface area contributed by atoms with E-state index in [2.05, 4.69) is 50.2 Å². The predicted molar refractivity (Wildman–Crippen MR) is 71.2 cm³/mol. The van der Waals surface area contributed by atoms with E-state index in [1.165, 1.54) is 0 Å². The fraction of sp³-hybridized carbons (Fsp3) is 0.500. The molecule has 6 radical (unpaired) electrons. The standard InChI is InChI=1S/C5H5.C4H7O2.3CO.2CH3.Mn/c1-2-4-5-3-1;1-5-2-4-3-6-4;3*1-2;;;/h1-3H,4H2;4H,1-3H2;;;;2*1H3;. The molecule has 1 fully saturated rings. The molecule has 20 heavy (non-hydrogen) atoms. The number of hydrogen-bond acceptors (Lipinski definition) is 5. The van der Waals surface area contributed by atoms with Gasteiger partial charge in [-0.1, -0.05) is 0 Å². The molecule has 6 heteroatoms. The molecule has 1 aliphatic heterocycles. The molecule has 1 atom stereocenters. The van der Waals surface area contributed by atoms with Crippen molar-refractivity contribution in [1.82, 2.24) is 0 Å². The zero-order valence-electron chi connectivity index (χ0n) is 11.6. The van der Waals surface area contributed by atoms with E-state index in [1.807, 2.05) is 0 Å². The maximum absolute atomic E-state index is 7.50. The molecule has 0 aromatic rings. The van der Waals surface area contributed by atoms with Crippen molar-refractivity contribution in [2.45, 2.75) is 24.2 Å². The third kappa shape index (κ3) is 8.93. The molecule has 1 saturated heterocycles. The van der Waals surface area contributed by atoms with E-state index in [1.54, 1.807) is 4.47 Å². The number of allylic oxidation sites excluding steroid dienone is 4. The maximum Gasteiger partial charge on any atom is 0.281 e. The fourth-order valence-corrected chi connectivity index (χ4v) is 3.80. The van der Waals surface area contributed by atoms with Gasteiger partial charge in [0.2, 0.25) is 0 Å². The Bertz CT molecular complexity index is 306. The molecule has 0 amide bonds. The Balaban J connectivity index is 0. The molecule has 1 unspecified atom stereocenters. The molecule has 0 bridgehead atoms. The van der Waals surface area contributed by atoms with Crippen LogP contribution in [0.2, 0.25) is 11.6 Å². The van der Waals surface area contributed by atoms with Crippen LogP contribution in [-0.2, 0) is 36.7 Å². The summed E-state index contributed by atoms with van der Waals surface area (Å²) in [4.78, 5) is 22.5. The number of ether oxygens (including phenoxy) is 2. The number of hydrogen-bond donors (Lipinski definition) is 0. The van der Waals surface area contributed by atoms with E-state index in [0.717, 1.165) is 25.1 Å². The van der Waals surface area contributed by atoms with E-state index in [0.29, 0.717) is 6.10 Å². The van der Waals surface area contributed by atoms with Gasteiger partial charge >= 0.3 is 87.9 Å². The molecule has 5 nitrogen and oxygen atoms in total. The van der Waals surface area contributed by atoms with Crippen LogP contribution < -0.4 is 0 Å². The second-order valence-corrected chi connectivity index (χ2v) is 9.65. The van der Waals surface area contributed by atoms with Crippen molar-refractivity contribution in [3.63, 3.8) is 0 Å². The molecule has 0 spiro atoms. The van der Waals surface area contributed by atoms with E-state index >= 15 is 0 Å². The second-order valence-electron chi connectivity index (χ2n) is 4.11. The van der Waals surface area contributed by atoms with Crippen LogP contribution in [0.4, 0.5) is 0 Å². The van der Waals surface area contributed by atoms with Gasteiger partial charge < -0.3 is 0 Å². The Kier molecular flexibility index (Phi) is 13.7. The minimum atomic E-state index is -1.31. The van der Waals surface area contributed by atoms with Gasteiger partial charge in [0.05, 0.1) is 0 Å². The Labute approximate surface area is 123 Å². The average molecular weight is 321 g/mol. The summed E-state index contributed by atoms with van der Waals surface area (Å²) >= 11 is -1.31. The Morgan fingerprint density at radius 3 is 2.20 bits per heavy atom. The Morgan fingerprint density at radius 2 is 1.80 bits per heavy atom. The first-order chi connectivity index (χ1) is 9.68. The van der Waals surface area contributed by atoms with Crippen LogP contribution in [0.3, 0.4) is 0 Å². The van der Waals surface area contributed by atoms with Crippen molar-refractivity contribution in [2.75, 3.05) is 18.7 Å². The number of epoxide rings is 1. The largest absolute Gasteiger partial charge is 0.281 e. The van der Waals surface area contributed by atoms with Crippen LogP contribution >= 0.6 is 0 Å². The van der Waals surface area contributed by atoms with Crippen molar-refractivity contribution < 1.29 is 36.7 Å². The number of carbonyl (C=O) groups excluding carboxylic acids is 3. The van der Waals surface area contributed by atoms with Crippen molar-refractivity contribution in [1.29, 1.82) is 0 Å². The molecular formula is C14H18MnO5. The van der Waals surface area contributed by atoms with Crippen molar-refractivity contribution in [3.05, 3.63) is 22.7 Å². The summed E-state index contributed by atoms with van der Waals surface area (Å²) < 4.78 is 12.4. The molecule has 2 aliphatic rings. The van der Waals surface area contributed by atoms with E-state index in [4.69, 9.17) is 23.9 Å². The zero-order chi connectivity index (χ0) is 16.0. The monoisotopic (exact) mass is 321 g/mol. The van der Waals surface area contributed by atoms with Gasteiger partial charge in [0.15, 0.2) is 0 Å². The predicted octanol–water partition coefficient (Wildman–Crippen LogP) is 1.26. The smallest absolute Gasteiger partial charge is 0.281 e. The summed E-state index contributed by atoms with van der Waals surface area (Å²) in [5, 5.41) is 0. The van der Waals surface area contributed by atoms with Crippen molar-refractivity contribution in [2.24, 2.45) is 0 Å². The minimum absolute atomic E-state index is 0.399. The first-order valence-electron chi connectivity index (χ1n) is 5.46. The quantitative estimate of drug-likeness (QED) is 0.563. The van der Waals surface area contributed by atoms with Gasteiger partial charge in [0.25, 0.3) is 20.4 Å². The molecule has 0 aromatic carbocycles. The van der Waals surface area contributed by atoms with Gasteiger partial charge in [-0.3, -0.25) is 14.4 Å². The van der Waals surface area contributed by atoms with Gasteiger partial charge in [-0.15, -0.1) is 0 Å². The average Bonchev–Trinajstić information content (AvgIpc) is 3.14. The maximum atomic E-state index is 7.50. The van der Waals surface area contributed by atoms with Crippen molar-refractivity contribution in [3.8, 4) is 0 Å². The van der Waals surface area contributed by atoms with Crippen LogP contribution in [0.5, 0.6) is 0 Å². The van der Waals surface area contributed by atoms with Gasteiger partial charge in [0, 0.05) is 0 Å². The Hall–Kier alpha value is -1.07. The third-order valence-corrected chi connectivity index (χ3v) is 6.02. The van der Waals surface area contributed by atoms with Crippen LogP contribution in [0.1, 0.15) is 6.42 Å². The van der Waals surface area contributed by atoms with Crippen LogP contribution in [0, 0.1) is 0 Å². The molecule has 111 valence electrons. The van der Waals surface area contributed by atoms with Crippen LogP contribution in [0.25, 0.3) is 0 Å². The molecule has 0 N–H and O–H groups in total. The fourth-order valence-electron chi connectivity index (χ4n) is 1.40. The number of rotatable bonds is 5. The first kappa shape index (κ1) is 21.2. The molecule has 2 rings (SSSR count). The van der Waals surface area contributed by atoms with E-state index < -0.39 is 12.8 Å². The molecule has 0 aromatic heterocycles. The minimum Gasteiger partial charge on any atom is -0.281 e. The van der Waals surface area contributed by atoms with E-state index in [-0.39, 0.29) is 0 Å². The molecule has 1 heterocycles. The summed E-state index contributed by atoms with van der Waals surface area (Å²) in [6.07, 6.45) is 8.20. The van der Waals surface area contributed by atoms with Crippen molar-refractivity contribution >= 4 is 20.4 Å².